The molecule has 8 heteroatoms. The summed E-state index contributed by atoms with van der Waals surface area (Å²) in [6.45, 7) is 17.0. The van der Waals surface area contributed by atoms with Gasteiger partial charge in [0, 0.05) is 56.6 Å². The largest absolute Gasteiger partial charge is 0.378 e. The third-order valence-corrected chi connectivity index (χ3v) is 8.07. The molecule has 0 N–H and O–H groups in total. The summed E-state index contributed by atoms with van der Waals surface area (Å²) >= 11 is 14.3. The highest BCUT2D eigenvalue weighted by molar-refractivity contribution is 9.09. The van der Waals surface area contributed by atoms with Gasteiger partial charge in [0.2, 0.25) is 0 Å². The van der Waals surface area contributed by atoms with Gasteiger partial charge in [-0.2, -0.15) is 0 Å². The van der Waals surface area contributed by atoms with Crippen molar-refractivity contribution in [3.63, 3.8) is 0 Å². The number of rotatable bonds is 4. The molecule has 2 rings (SSSR count). The van der Waals surface area contributed by atoms with E-state index in [-0.39, 0.29) is 11.1 Å². The average Bonchev–Trinajstić information content (AvgIpc) is 2.65. The first-order chi connectivity index (χ1) is 13.0. The molecule has 0 amide bonds. The molecule has 0 aromatic rings. The molecule has 0 aromatic carbocycles. The van der Waals surface area contributed by atoms with Gasteiger partial charge in [0.25, 0.3) is 0 Å². The van der Waals surface area contributed by atoms with Gasteiger partial charge in [0.05, 0.1) is 26.4 Å². The Labute approximate surface area is 206 Å². The van der Waals surface area contributed by atoms with E-state index in [1.807, 2.05) is 0 Å². The molecule has 4 nitrogen and oxygen atoms in total. The first-order valence-electron chi connectivity index (χ1n) is 9.97. The first kappa shape index (κ1) is 27.8. The van der Waals surface area contributed by atoms with Crippen molar-refractivity contribution >= 4 is 63.7 Å². The van der Waals surface area contributed by atoms with E-state index in [4.69, 9.17) is 9.47 Å². The van der Waals surface area contributed by atoms with Gasteiger partial charge in [-0.15, -0.1) is 0 Å². The molecule has 0 bridgehead atoms. The fourth-order valence-electron chi connectivity index (χ4n) is 4.26. The molecule has 168 valence electrons. The number of nitrogens with zero attached hydrogens (tertiary/aromatic N) is 2. The second kappa shape index (κ2) is 12.7. The zero-order valence-electron chi connectivity index (χ0n) is 18.2. The smallest absolute Gasteiger partial charge is 0.0631 e. The van der Waals surface area contributed by atoms with Crippen molar-refractivity contribution in [2.45, 2.75) is 76.8 Å². The van der Waals surface area contributed by atoms with E-state index < -0.39 is 0 Å². The fourth-order valence-corrected chi connectivity index (χ4v) is 6.26. The summed E-state index contributed by atoms with van der Waals surface area (Å²) in [4.78, 5) is 5.11. The van der Waals surface area contributed by atoms with Crippen molar-refractivity contribution in [1.82, 2.24) is 9.80 Å². The SMILES string of the molecule is CC(C)(C)N1[C@H](CBr)COC[C@@H]1CBr.CC(C)(C)N1[C@H](CBr)COC[C@@H]1CBr. The van der Waals surface area contributed by atoms with Gasteiger partial charge in [-0.3, -0.25) is 9.80 Å². The molecule has 2 aliphatic rings. The van der Waals surface area contributed by atoms with Crippen LogP contribution in [0.5, 0.6) is 0 Å². The molecule has 2 heterocycles. The summed E-state index contributed by atoms with van der Waals surface area (Å²) < 4.78 is 11.2. The van der Waals surface area contributed by atoms with Crippen LogP contribution in [0, 0.1) is 0 Å². The van der Waals surface area contributed by atoms with Crippen LogP contribution in [0.3, 0.4) is 0 Å². The molecule has 0 spiro atoms. The third kappa shape index (κ3) is 8.03. The van der Waals surface area contributed by atoms with Gasteiger partial charge in [-0.25, -0.2) is 0 Å². The summed E-state index contributed by atoms with van der Waals surface area (Å²) in [5.41, 5.74) is 0.418. The molecule has 0 saturated carbocycles. The Morgan fingerprint density at radius 1 is 0.571 bits per heavy atom. The Hall–Kier alpha value is 1.76. The average molecular weight is 658 g/mol. The van der Waals surface area contributed by atoms with Gasteiger partial charge in [0.15, 0.2) is 0 Å². The summed E-state index contributed by atoms with van der Waals surface area (Å²) in [5.74, 6) is 0. The van der Waals surface area contributed by atoms with E-state index in [0.717, 1.165) is 47.7 Å². The van der Waals surface area contributed by atoms with E-state index in [1.165, 1.54) is 0 Å². The molecule has 2 saturated heterocycles. The molecule has 4 atom stereocenters. The number of alkyl halides is 4. The molecule has 0 aromatic heterocycles. The number of hydrogen-bond donors (Lipinski definition) is 0. The Bertz CT molecular complexity index is 379. The lowest BCUT2D eigenvalue weighted by atomic mass is 9.99. The van der Waals surface area contributed by atoms with Gasteiger partial charge >= 0.3 is 0 Å². The highest BCUT2D eigenvalue weighted by Gasteiger charge is 2.38. The third-order valence-electron chi connectivity index (χ3n) is 5.08. The Morgan fingerprint density at radius 2 is 0.786 bits per heavy atom. The minimum absolute atomic E-state index is 0.209. The molecule has 28 heavy (non-hydrogen) atoms. The molecule has 0 aliphatic carbocycles. The van der Waals surface area contributed by atoms with Gasteiger partial charge in [-0.1, -0.05) is 63.7 Å². The van der Waals surface area contributed by atoms with Crippen LogP contribution < -0.4 is 0 Å². The van der Waals surface area contributed by atoms with Crippen LogP contribution in [0.25, 0.3) is 0 Å². The maximum absolute atomic E-state index is 5.60. The minimum atomic E-state index is 0.209. The summed E-state index contributed by atoms with van der Waals surface area (Å²) in [7, 11) is 0. The molecule has 2 fully saturated rings. The van der Waals surface area contributed by atoms with Crippen molar-refractivity contribution in [2.75, 3.05) is 47.7 Å². The van der Waals surface area contributed by atoms with E-state index in [0.29, 0.717) is 24.2 Å². The Balaban J connectivity index is 0.000000280. The standard InChI is InChI=1S/2C10H19Br2NO/c2*1-10(2,3)13-8(4-11)6-14-7-9(13)5-12/h2*8-9H,4-7H2,1-3H3/t2*8-,9+. The lowest BCUT2D eigenvalue weighted by Crippen LogP contribution is -2.61. The van der Waals surface area contributed by atoms with Crippen LogP contribution >= 0.6 is 63.7 Å². The number of ether oxygens (including phenoxy) is 2. The van der Waals surface area contributed by atoms with Crippen LogP contribution in [0.2, 0.25) is 0 Å². The molecular weight excluding hydrogens is 620 g/mol. The highest BCUT2D eigenvalue weighted by atomic mass is 79.9. The van der Waals surface area contributed by atoms with Gasteiger partial charge in [0.1, 0.15) is 0 Å². The molecular formula is C20H38Br4N2O2. The predicted molar refractivity (Wildman–Crippen MR) is 135 cm³/mol. The summed E-state index contributed by atoms with van der Waals surface area (Å²) in [6.07, 6.45) is 0. The maximum atomic E-state index is 5.60. The van der Waals surface area contributed by atoms with Crippen LogP contribution in [0.1, 0.15) is 41.5 Å². The van der Waals surface area contributed by atoms with Crippen molar-refractivity contribution < 1.29 is 9.47 Å². The van der Waals surface area contributed by atoms with Crippen molar-refractivity contribution in [1.29, 1.82) is 0 Å². The fraction of sp³-hybridized carbons (Fsp3) is 1.00. The van der Waals surface area contributed by atoms with E-state index in [2.05, 4.69) is 115 Å². The van der Waals surface area contributed by atoms with Gasteiger partial charge < -0.3 is 9.47 Å². The van der Waals surface area contributed by atoms with Gasteiger partial charge in [-0.05, 0) is 41.5 Å². The Morgan fingerprint density at radius 3 is 0.929 bits per heavy atom. The lowest BCUT2D eigenvalue weighted by Gasteiger charge is -2.48. The zero-order valence-corrected chi connectivity index (χ0v) is 24.5. The van der Waals surface area contributed by atoms with Crippen LogP contribution in [-0.4, -0.2) is 92.8 Å². The maximum Gasteiger partial charge on any atom is 0.0631 e. The normalized spacial score (nSPS) is 30.6. The first-order valence-corrected chi connectivity index (χ1v) is 14.5. The minimum Gasteiger partial charge on any atom is -0.378 e. The van der Waals surface area contributed by atoms with Crippen LogP contribution in [-0.2, 0) is 9.47 Å². The van der Waals surface area contributed by atoms with Crippen molar-refractivity contribution in [2.24, 2.45) is 0 Å². The Kier molecular flexibility index (Phi) is 12.6. The molecule has 2 aliphatic heterocycles. The topological polar surface area (TPSA) is 24.9 Å². The zero-order chi connectivity index (χ0) is 21.5. The predicted octanol–water partition coefficient (Wildman–Crippen LogP) is 5.29. The second-order valence-electron chi connectivity index (χ2n) is 9.46. The lowest BCUT2D eigenvalue weighted by molar-refractivity contribution is -0.0739. The summed E-state index contributed by atoms with van der Waals surface area (Å²) in [6, 6.07) is 1.97. The van der Waals surface area contributed by atoms with Crippen LogP contribution in [0.15, 0.2) is 0 Å². The number of morpholine rings is 2. The van der Waals surface area contributed by atoms with E-state index >= 15 is 0 Å². The highest BCUT2D eigenvalue weighted by Crippen LogP contribution is 2.27. The molecule has 0 unspecified atom stereocenters. The second-order valence-corrected chi connectivity index (χ2v) is 12.1. The summed E-state index contributed by atoms with van der Waals surface area (Å²) in [5, 5.41) is 3.92. The monoisotopic (exact) mass is 654 g/mol. The van der Waals surface area contributed by atoms with E-state index in [9.17, 15) is 0 Å². The van der Waals surface area contributed by atoms with Crippen LogP contribution in [0.4, 0.5) is 0 Å². The number of halogens is 4. The van der Waals surface area contributed by atoms with Crippen molar-refractivity contribution in [3.05, 3.63) is 0 Å². The molecule has 0 radical (unpaired) electrons. The van der Waals surface area contributed by atoms with Crippen molar-refractivity contribution in [3.8, 4) is 0 Å². The number of hydrogen-bond acceptors (Lipinski definition) is 4. The quantitative estimate of drug-likeness (QED) is 0.384. The van der Waals surface area contributed by atoms with E-state index in [1.54, 1.807) is 0 Å².